The Bertz CT molecular complexity index is 1110. The summed E-state index contributed by atoms with van der Waals surface area (Å²) in [5, 5.41) is 3.26. The van der Waals surface area contributed by atoms with Gasteiger partial charge in [-0.05, 0) is 92.6 Å². The van der Waals surface area contributed by atoms with Crippen molar-refractivity contribution >= 4 is 5.91 Å². The highest BCUT2D eigenvalue weighted by Crippen LogP contribution is 2.39. The fraction of sp³-hybridized carbons (Fsp3) is 0.552. The van der Waals surface area contributed by atoms with Gasteiger partial charge < -0.3 is 19.7 Å². The van der Waals surface area contributed by atoms with Gasteiger partial charge in [0.05, 0.1) is 23.7 Å². The summed E-state index contributed by atoms with van der Waals surface area (Å²) in [6, 6.07) is 8.91. The highest BCUT2D eigenvalue weighted by molar-refractivity contribution is 5.83. The Morgan fingerprint density at radius 2 is 1.52 bits per heavy atom. The highest BCUT2D eigenvalue weighted by Gasteiger charge is 2.43. The summed E-state index contributed by atoms with van der Waals surface area (Å²) in [4.78, 5) is 15.9. The van der Waals surface area contributed by atoms with Gasteiger partial charge in [0.25, 0.3) is 0 Å². The maximum Gasteiger partial charge on any atom is 0.416 e. The summed E-state index contributed by atoms with van der Waals surface area (Å²) in [5.74, 6) is 0.452. The third kappa shape index (κ3) is 7.48. The molecule has 2 saturated heterocycles. The number of methoxy groups -OCH3 is 1. The fourth-order valence-corrected chi connectivity index (χ4v) is 5.63. The number of carbonyl (C=O) groups excluding carboxylic acids is 1. The number of ether oxygens (including phenoxy) is 2. The number of hydrogen-bond acceptors (Lipinski definition) is 4. The smallest absolute Gasteiger partial charge is 0.416 e. The van der Waals surface area contributed by atoms with Gasteiger partial charge in [-0.2, -0.15) is 26.3 Å². The van der Waals surface area contributed by atoms with Crippen LogP contribution in [-0.4, -0.2) is 50.8 Å². The lowest BCUT2D eigenvalue weighted by Gasteiger charge is -2.42. The molecule has 0 aromatic heterocycles. The molecule has 2 aromatic carbocycles. The van der Waals surface area contributed by atoms with Crippen LogP contribution in [0.25, 0.3) is 0 Å². The number of hydrogen-bond donors (Lipinski definition) is 1. The van der Waals surface area contributed by atoms with Crippen LogP contribution in [0.3, 0.4) is 0 Å². The van der Waals surface area contributed by atoms with E-state index in [-0.39, 0.29) is 36.5 Å². The lowest BCUT2D eigenvalue weighted by atomic mass is 9.72. The molecule has 5 nitrogen and oxygen atoms in total. The van der Waals surface area contributed by atoms with Gasteiger partial charge in [0.2, 0.25) is 5.91 Å². The molecule has 0 spiro atoms. The number of rotatable bonds is 8. The molecule has 40 heavy (non-hydrogen) atoms. The number of alkyl halides is 6. The van der Waals surface area contributed by atoms with E-state index in [9.17, 15) is 31.1 Å². The predicted molar refractivity (Wildman–Crippen MR) is 137 cm³/mol. The molecule has 2 fully saturated rings. The molecular formula is C29H34F6N2O3. The van der Waals surface area contributed by atoms with Gasteiger partial charge in [0, 0.05) is 26.3 Å². The summed E-state index contributed by atoms with van der Waals surface area (Å²) >= 11 is 0. The molecule has 2 aliphatic heterocycles. The van der Waals surface area contributed by atoms with Crippen molar-refractivity contribution in [1.29, 1.82) is 0 Å². The normalized spacial score (nSPS) is 18.4. The summed E-state index contributed by atoms with van der Waals surface area (Å²) in [5.41, 5.74) is -2.91. The van der Waals surface area contributed by atoms with Crippen LogP contribution in [0.5, 0.6) is 5.75 Å². The van der Waals surface area contributed by atoms with Crippen LogP contribution in [0.15, 0.2) is 42.5 Å². The molecule has 0 aliphatic carbocycles. The zero-order valence-electron chi connectivity index (χ0n) is 22.3. The molecule has 0 saturated carbocycles. The lowest BCUT2D eigenvalue weighted by molar-refractivity contribution is -0.145. The van der Waals surface area contributed by atoms with Crippen molar-refractivity contribution < 1.29 is 40.6 Å². The van der Waals surface area contributed by atoms with E-state index in [0.29, 0.717) is 64.2 Å². The Morgan fingerprint density at radius 3 is 2.05 bits per heavy atom. The molecule has 2 heterocycles. The van der Waals surface area contributed by atoms with Gasteiger partial charge in [-0.3, -0.25) is 4.79 Å². The molecule has 220 valence electrons. The van der Waals surface area contributed by atoms with Crippen molar-refractivity contribution in [2.24, 2.45) is 11.3 Å². The fourth-order valence-electron chi connectivity index (χ4n) is 5.63. The number of nitrogens with zero attached hydrogens (tertiary/aromatic N) is 1. The van der Waals surface area contributed by atoms with E-state index >= 15 is 0 Å². The molecule has 0 atom stereocenters. The minimum absolute atomic E-state index is 0.0327. The van der Waals surface area contributed by atoms with Crippen LogP contribution >= 0.6 is 0 Å². The van der Waals surface area contributed by atoms with Crippen molar-refractivity contribution in [2.75, 3.05) is 40.0 Å². The van der Waals surface area contributed by atoms with Crippen molar-refractivity contribution in [1.82, 2.24) is 10.2 Å². The van der Waals surface area contributed by atoms with Crippen molar-refractivity contribution in [3.05, 3.63) is 64.7 Å². The van der Waals surface area contributed by atoms with E-state index in [1.807, 2.05) is 12.1 Å². The second kappa shape index (κ2) is 12.4. The number of amides is 1. The van der Waals surface area contributed by atoms with Crippen LogP contribution in [-0.2, 0) is 34.8 Å². The summed E-state index contributed by atoms with van der Waals surface area (Å²) in [6.07, 6.45) is -7.21. The van der Waals surface area contributed by atoms with Crippen LogP contribution < -0.4 is 10.1 Å². The Balaban J connectivity index is 1.70. The molecule has 1 N–H and O–H groups in total. The minimum Gasteiger partial charge on any atom is -0.497 e. The van der Waals surface area contributed by atoms with Gasteiger partial charge in [0.1, 0.15) is 5.75 Å². The third-order valence-electron chi connectivity index (χ3n) is 7.84. The van der Waals surface area contributed by atoms with E-state index in [2.05, 4.69) is 5.32 Å². The van der Waals surface area contributed by atoms with E-state index < -0.39 is 28.9 Å². The molecule has 2 aromatic rings. The van der Waals surface area contributed by atoms with Gasteiger partial charge in [-0.25, -0.2) is 0 Å². The van der Waals surface area contributed by atoms with Crippen molar-refractivity contribution in [3.8, 4) is 5.75 Å². The summed E-state index contributed by atoms with van der Waals surface area (Å²) < 4.78 is 92.1. The SMILES string of the molecule is COc1ccc(CC2(C(=O)N(Cc3cc(C(F)(F)F)cc(C(F)(F)F)c3)CC3CCOCC3)CCNCC2)cc1. The van der Waals surface area contributed by atoms with Crippen LogP contribution in [0.1, 0.15) is 47.9 Å². The molecule has 4 rings (SSSR count). The van der Waals surface area contributed by atoms with Crippen LogP contribution in [0.4, 0.5) is 26.3 Å². The largest absolute Gasteiger partial charge is 0.497 e. The number of carbonyl (C=O) groups is 1. The summed E-state index contributed by atoms with van der Waals surface area (Å²) in [6.45, 7) is 2.03. The van der Waals surface area contributed by atoms with E-state index in [1.165, 1.54) is 4.90 Å². The maximum absolute atomic E-state index is 14.4. The monoisotopic (exact) mass is 572 g/mol. The van der Waals surface area contributed by atoms with Crippen LogP contribution in [0.2, 0.25) is 0 Å². The first-order valence-corrected chi connectivity index (χ1v) is 13.4. The maximum atomic E-state index is 14.4. The Morgan fingerprint density at radius 1 is 0.950 bits per heavy atom. The lowest BCUT2D eigenvalue weighted by Crippen LogP contribution is -2.51. The summed E-state index contributed by atoms with van der Waals surface area (Å²) in [7, 11) is 1.55. The predicted octanol–water partition coefficient (Wildman–Crippen LogP) is 6.10. The van der Waals surface area contributed by atoms with Gasteiger partial charge in [-0.1, -0.05) is 12.1 Å². The molecular weight excluding hydrogens is 538 g/mol. The Hall–Kier alpha value is -2.79. The first-order valence-electron chi connectivity index (χ1n) is 13.4. The molecule has 0 bridgehead atoms. The Kier molecular flexibility index (Phi) is 9.34. The number of nitrogens with one attached hydrogen (secondary N) is 1. The highest BCUT2D eigenvalue weighted by atomic mass is 19.4. The van der Waals surface area contributed by atoms with Crippen molar-refractivity contribution in [2.45, 2.75) is 51.0 Å². The average molecular weight is 573 g/mol. The average Bonchev–Trinajstić information content (AvgIpc) is 2.92. The standard InChI is InChI=1S/C29H34F6N2O3/c1-39-25-4-2-20(3-5-25)17-27(8-10-36-11-9-27)26(38)37(18-21-6-12-40-13-7-21)19-22-14-23(28(30,31)32)16-24(15-22)29(33,34)35/h2-5,14-16,21,36H,6-13,17-19H2,1H3. The molecule has 11 heteroatoms. The molecule has 0 radical (unpaired) electrons. The van der Waals surface area contributed by atoms with Crippen LogP contribution in [0, 0.1) is 11.3 Å². The number of halogens is 6. The van der Waals surface area contributed by atoms with Crippen molar-refractivity contribution in [3.63, 3.8) is 0 Å². The molecule has 0 unspecified atom stereocenters. The number of piperidine rings is 1. The Labute approximate surface area is 229 Å². The quantitative estimate of drug-likeness (QED) is 0.389. The zero-order valence-corrected chi connectivity index (χ0v) is 22.3. The van der Waals surface area contributed by atoms with Gasteiger partial charge >= 0.3 is 12.4 Å². The van der Waals surface area contributed by atoms with Gasteiger partial charge in [-0.15, -0.1) is 0 Å². The molecule has 2 aliphatic rings. The second-order valence-electron chi connectivity index (χ2n) is 10.7. The van der Waals surface area contributed by atoms with E-state index in [0.717, 1.165) is 17.7 Å². The van der Waals surface area contributed by atoms with E-state index in [4.69, 9.17) is 9.47 Å². The second-order valence-corrected chi connectivity index (χ2v) is 10.7. The van der Waals surface area contributed by atoms with E-state index in [1.54, 1.807) is 19.2 Å². The number of benzene rings is 2. The first-order chi connectivity index (χ1) is 18.9. The first kappa shape index (κ1) is 30.2. The third-order valence-corrected chi connectivity index (χ3v) is 7.84. The minimum atomic E-state index is -4.96. The molecule has 1 amide bonds. The zero-order chi connectivity index (χ0) is 29.0. The topological polar surface area (TPSA) is 50.8 Å². The van der Waals surface area contributed by atoms with Gasteiger partial charge in [0.15, 0.2) is 0 Å².